The minimum Gasteiger partial charge on any atom is -0.393 e. The summed E-state index contributed by atoms with van der Waals surface area (Å²) in [5, 5.41) is 10.0. The van der Waals surface area contributed by atoms with Crippen LogP contribution in [-0.4, -0.2) is 20.6 Å². The Morgan fingerprint density at radius 2 is 1.96 bits per heavy atom. The normalized spacial score (nSPS) is 19.4. The number of nitrogens with zero attached hydrogens (tertiary/aromatic N) is 3. The highest BCUT2D eigenvalue weighted by Gasteiger charge is 2.42. The van der Waals surface area contributed by atoms with Crippen LogP contribution in [0.25, 0.3) is 11.0 Å². The number of hydrogen-bond acceptors (Lipinski definition) is 5. The Morgan fingerprint density at radius 1 is 1.26 bits per heavy atom. The zero-order valence-electron chi connectivity index (χ0n) is 14.4. The van der Waals surface area contributed by atoms with Crippen molar-refractivity contribution in [3.8, 4) is 6.07 Å². The first-order valence-electron chi connectivity index (χ1n) is 8.28. The summed E-state index contributed by atoms with van der Waals surface area (Å²) < 4.78 is 1.79. The van der Waals surface area contributed by atoms with Crippen molar-refractivity contribution >= 4 is 40.2 Å². The molecule has 5 nitrogen and oxygen atoms in total. The predicted molar refractivity (Wildman–Crippen MR) is 107 cm³/mol. The van der Waals surface area contributed by atoms with Crippen LogP contribution in [0.4, 0.5) is 0 Å². The lowest BCUT2D eigenvalue weighted by Gasteiger charge is -2.18. The number of fused-ring (bicyclic) bond motifs is 1. The van der Waals surface area contributed by atoms with Crippen LogP contribution in [0, 0.1) is 11.3 Å². The van der Waals surface area contributed by atoms with Crippen molar-refractivity contribution in [1.29, 1.82) is 5.26 Å². The maximum atomic E-state index is 13.4. The van der Waals surface area contributed by atoms with E-state index in [2.05, 4.69) is 11.1 Å². The molecule has 4 rings (SSSR count). The van der Waals surface area contributed by atoms with Gasteiger partial charge in [0, 0.05) is 18.0 Å². The number of Topliss-reactive ketones (excluding diaryl/α,β-unsaturated/α-hetero) is 1. The monoisotopic (exact) mass is 394 g/mol. The average molecular weight is 395 g/mol. The van der Waals surface area contributed by atoms with Crippen molar-refractivity contribution in [1.82, 2.24) is 9.55 Å². The van der Waals surface area contributed by atoms with E-state index in [1.807, 2.05) is 43.4 Å². The fourth-order valence-electron chi connectivity index (χ4n) is 3.41. The molecule has 2 aromatic carbocycles. The van der Waals surface area contributed by atoms with E-state index in [0.29, 0.717) is 21.4 Å². The Kier molecular flexibility index (Phi) is 4.42. The number of halogens is 1. The van der Waals surface area contributed by atoms with E-state index in [4.69, 9.17) is 17.3 Å². The standard InChI is InChI=1S/C20H15ClN4OS/c1-25-15-5-3-2-4-14(15)24-20(25)17(26)18-16(13(10-22)19(23)27-18)11-6-8-12(21)9-7-11/h2-9,16,18H,23H2,1H3/t16-,18-/m0/s1. The number of benzene rings is 2. The summed E-state index contributed by atoms with van der Waals surface area (Å²) in [4.78, 5) is 17.9. The van der Waals surface area contributed by atoms with E-state index in [-0.39, 0.29) is 5.78 Å². The number of aromatic nitrogens is 2. The third-order valence-electron chi connectivity index (χ3n) is 4.75. The number of imidazole rings is 1. The number of nitrogens with two attached hydrogens (primary N) is 1. The molecule has 2 N–H and O–H groups in total. The molecule has 0 unspecified atom stereocenters. The third kappa shape index (κ3) is 2.89. The minimum atomic E-state index is -0.545. The van der Waals surface area contributed by atoms with Crippen molar-refractivity contribution in [3.05, 3.63) is 75.5 Å². The fraction of sp³-hybridized carbons (Fsp3) is 0.150. The van der Waals surface area contributed by atoms with Crippen molar-refractivity contribution in [2.45, 2.75) is 11.2 Å². The molecule has 2 heterocycles. The highest BCUT2D eigenvalue weighted by Crippen LogP contribution is 2.46. The molecule has 0 radical (unpaired) electrons. The van der Waals surface area contributed by atoms with Crippen molar-refractivity contribution in [3.63, 3.8) is 0 Å². The van der Waals surface area contributed by atoms with Crippen LogP contribution in [0.5, 0.6) is 0 Å². The molecule has 0 fully saturated rings. The molecule has 0 saturated carbocycles. The van der Waals surface area contributed by atoms with Gasteiger partial charge in [-0.1, -0.05) is 47.6 Å². The maximum Gasteiger partial charge on any atom is 0.212 e. The van der Waals surface area contributed by atoms with E-state index in [9.17, 15) is 10.1 Å². The van der Waals surface area contributed by atoms with E-state index in [1.165, 1.54) is 11.8 Å². The number of thioether (sulfide) groups is 1. The molecule has 0 saturated heterocycles. The molecule has 134 valence electrons. The molecule has 0 amide bonds. The summed E-state index contributed by atoms with van der Waals surface area (Å²) in [6.45, 7) is 0. The van der Waals surface area contributed by atoms with E-state index < -0.39 is 11.2 Å². The smallest absolute Gasteiger partial charge is 0.212 e. The van der Waals surface area contributed by atoms with Crippen molar-refractivity contribution in [2.75, 3.05) is 0 Å². The van der Waals surface area contributed by atoms with Crippen LogP contribution in [0.15, 0.2) is 59.1 Å². The summed E-state index contributed by atoms with van der Waals surface area (Å²) in [6, 6.07) is 16.9. The summed E-state index contributed by atoms with van der Waals surface area (Å²) in [5.41, 5.74) is 8.97. The lowest BCUT2D eigenvalue weighted by molar-refractivity contribution is 0.0973. The van der Waals surface area contributed by atoms with Gasteiger partial charge >= 0.3 is 0 Å². The van der Waals surface area contributed by atoms with Crippen LogP contribution >= 0.6 is 23.4 Å². The van der Waals surface area contributed by atoms with Crippen LogP contribution in [0.3, 0.4) is 0 Å². The van der Waals surface area contributed by atoms with Gasteiger partial charge in [0.15, 0.2) is 5.82 Å². The highest BCUT2D eigenvalue weighted by molar-refractivity contribution is 8.04. The number of carbonyl (C=O) groups is 1. The lowest BCUT2D eigenvalue weighted by Crippen LogP contribution is -2.25. The van der Waals surface area contributed by atoms with Gasteiger partial charge in [-0.2, -0.15) is 5.26 Å². The molecule has 0 spiro atoms. The quantitative estimate of drug-likeness (QED) is 0.678. The predicted octanol–water partition coefficient (Wildman–Crippen LogP) is 4.00. The van der Waals surface area contributed by atoms with E-state index in [1.54, 1.807) is 16.7 Å². The van der Waals surface area contributed by atoms with Gasteiger partial charge in [-0.25, -0.2) is 4.98 Å². The van der Waals surface area contributed by atoms with Crippen LogP contribution in [-0.2, 0) is 7.05 Å². The Balaban J connectivity index is 1.79. The van der Waals surface area contributed by atoms with Gasteiger partial charge in [0.25, 0.3) is 0 Å². The first kappa shape index (κ1) is 17.7. The summed E-state index contributed by atoms with van der Waals surface area (Å²) >= 11 is 7.22. The number of ketones is 1. The Bertz CT molecular complexity index is 1130. The van der Waals surface area contributed by atoms with E-state index in [0.717, 1.165) is 16.6 Å². The second-order valence-corrected chi connectivity index (χ2v) is 7.92. The zero-order valence-corrected chi connectivity index (χ0v) is 16.0. The van der Waals surface area contributed by atoms with Crippen LogP contribution in [0.2, 0.25) is 5.02 Å². The number of aryl methyl sites for hydroxylation is 1. The molecule has 1 aliphatic heterocycles. The minimum absolute atomic E-state index is 0.146. The summed E-state index contributed by atoms with van der Waals surface area (Å²) in [6.07, 6.45) is 0. The number of allylic oxidation sites excluding steroid dienone is 1. The highest BCUT2D eigenvalue weighted by atomic mass is 35.5. The van der Waals surface area contributed by atoms with Crippen molar-refractivity contribution < 1.29 is 4.79 Å². The molecule has 0 aliphatic carbocycles. The molecule has 27 heavy (non-hydrogen) atoms. The fourth-order valence-corrected chi connectivity index (χ4v) is 4.75. The molecule has 7 heteroatoms. The molecule has 1 aromatic heterocycles. The van der Waals surface area contributed by atoms with Gasteiger partial charge in [0.2, 0.25) is 5.78 Å². The van der Waals surface area contributed by atoms with Gasteiger partial charge < -0.3 is 10.3 Å². The number of carbonyl (C=O) groups excluding carboxylic acids is 1. The molecule has 3 aromatic rings. The third-order valence-corrected chi connectivity index (χ3v) is 6.21. The van der Waals surface area contributed by atoms with Gasteiger partial charge in [-0.05, 0) is 29.8 Å². The Hall–Kier alpha value is -2.75. The van der Waals surface area contributed by atoms with Gasteiger partial charge in [-0.3, -0.25) is 4.79 Å². The van der Waals surface area contributed by atoms with Crippen LogP contribution < -0.4 is 5.73 Å². The first-order chi connectivity index (χ1) is 13.0. The molecule has 1 aliphatic rings. The van der Waals surface area contributed by atoms with Gasteiger partial charge in [-0.15, -0.1) is 0 Å². The number of hydrogen-bond donors (Lipinski definition) is 1. The largest absolute Gasteiger partial charge is 0.393 e. The summed E-state index contributed by atoms with van der Waals surface area (Å²) in [7, 11) is 1.82. The summed E-state index contributed by atoms with van der Waals surface area (Å²) in [5.74, 6) is -0.212. The van der Waals surface area contributed by atoms with Gasteiger partial charge in [0.1, 0.15) is 0 Å². The topological polar surface area (TPSA) is 84.7 Å². The number of rotatable bonds is 3. The van der Waals surface area contributed by atoms with E-state index >= 15 is 0 Å². The Morgan fingerprint density at radius 3 is 2.63 bits per heavy atom. The first-order valence-corrected chi connectivity index (χ1v) is 9.54. The number of para-hydroxylation sites is 2. The molecular formula is C20H15ClN4OS. The van der Waals surface area contributed by atoms with Gasteiger partial charge in [0.05, 0.1) is 33.0 Å². The number of nitriles is 1. The Labute approximate surface area is 165 Å². The maximum absolute atomic E-state index is 13.4. The molecule has 0 bridgehead atoms. The zero-order chi connectivity index (χ0) is 19.1. The second-order valence-electron chi connectivity index (χ2n) is 6.30. The average Bonchev–Trinajstić information content (AvgIpc) is 3.19. The van der Waals surface area contributed by atoms with Crippen LogP contribution in [0.1, 0.15) is 22.1 Å². The lowest BCUT2D eigenvalue weighted by atomic mass is 9.87. The van der Waals surface area contributed by atoms with Crippen molar-refractivity contribution in [2.24, 2.45) is 12.8 Å². The SMILES string of the molecule is Cn1c(C(=O)[C@H]2SC(N)=C(C#N)[C@@H]2c2ccc(Cl)cc2)nc2ccccc21. The molecule has 2 atom stereocenters. The molecular weight excluding hydrogens is 380 g/mol. The second kappa shape index (κ2) is 6.76.